The second-order valence-corrected chi connectivity index (χ2v) is 5.39. The van der Waals surface area contributed by atoms with Crippen molar-refractivity contribution < 1.29 is 9.90 Å². The number of hydrogen-bond acceptors (Lipinski definition) is 3. The number of nitrogens with zero attached hydrogens (tertiary/aromatic N) is 1. The summed E-state index contributed by atoms with van der Waals surface area (Å²) in [5, 5.41) is 12.6. The molecule has 0 aliphatic carbocycles. The number of benzene rings is 1. The Morgan fingerprint density at radius 1 is 1.58 bits per heavy atom. The lowest BCUT2D eigenvalue weighted by molar-refractivity contribution is -0.117. The first-order valence-electron chi connectivity index (χ1n) is 6.51. The highest BCUT2D eigenvalue weighted by Crippen LogP contribution is 2.23. The average molecular weight is 283 g/mol. The van der Waals surface area contributed by atoms with E-state index in [-0.39, 0.29) is 18.6 Å². The third-order valence-corrected chi connectivity index (χ3v) is 3.77. The van der Waals surface area contributed by atoms with Crippen molar-refractivity contribution in [1.29, 1.82) is 0 Å². The summed E-state index contributed by atoms with van der Waals surface area (Å²) in [6.07, 6.45) is 1.98. The molecule has 0 spiro atoms. The van der Waals surface area contributed by atoms with Gasteiger partial charge in [-0.25, -0.2) is 0 Å². The Morgan fingerprint density at radius 2 is 2.37 bits per heavy atom. The minimum Gasteiger partial charge on any atom is -0.395 e. The lowest BCUT2D eigenvalue weighted by atomic mass is 10.2. The van der Waals surface area contributed by atoms with E-state index in [1.807, 2.05) is 30.0 Å². The van der Waals surface area contributed by atoms with E-state index in [2.05, 4.69) is 5.32 Å². The van der Waals surface area contributed by atoms with Crippen LogP contribution in [0.2, 0.25) is 5.02 Å². The van der Waals surface area contributed by atoms with Crippen LogP contribution >= 0.6 is 11.6 Å². The monoisotopic (exact) mass is 282 g/mol. The number of hydrogen-bond donors (Lipinski definition) is 2. The SMILES string of the molecule is Cc1ccc(NC(=O)CN2CCCC2CO)c(Cl)c1. The summed E-state index contributed by atoms with van der Waals surface area (Å²) in [6.45, 7) is 3.22. The molecule has 5 heteroatoms. The quantitative estimate of drug-likeness (QED) is 0.889. The van der Waals surface area contributed by atoms with E-state index in [1.54, 1.807) is 0 Å². The molecule has 0 bridgehead atoms. The van der Waals surface area contributed by atoms with E-state index in [4.69, 9.17) is 11.6 Å². The molecule has 19 heavy (non-hydrogen) atoms. The fraction of sp³-hybridized carbons (Fsp3) is 0.500. The molecule has 1 aromatic carbocycles. The molecule has 1 atom stereocenters. The van der Waals surface area contributed by atoms with Gasteiger partial charge >= 0.3 is 0 Å². The fourth-order valence-electron chi connectivity index (χ4n) is 2.41. The topological polar surface area (TPSA) is 52.6 Å². The Kier molecular flexibility index (Phi) is 4.80. The number of carbonyl (C=O) groups excluding carboxylic acids is 1. The number of aliphatic hydroxyl groups is 1. The van der Waals surface area contributed by atoms with Gasteiger partial charge in [0.15, 0.2) is 0 Å². The van der Waals surface area contributed by atoms with E-state index in [0.29, 0.717) is 17.3 Å². The molecule has 1 aliphatic rings. The Bertz CT molecular complexity index is 465. The van der Waals surface area contributed by atoms with Crippen molar-refractivity contribution in [3.63, 3.8) is 0 Å². The van der Waals surface area contributed by atoms with Crippen molar-refractivity contribution in [2.24, 2.45) is 0 Å². The van der Waals surface area contributed by atoms with Gasteiger partial charge in [0, 0.05) is 6.04 Å². The summed E-state index contributed by atoms with van der Waals surface area (Å²) in [5.74, 6) is -0.0916. The number of amides is 1. The van der Waals surface area contributed by atoms with Crippen LogP contribution in [0.5, 0.6) is 0 Å². The van der Waals surface area contributed by atoms with Crippen molar-refractivity contribution in [2.75, 3.05) is 25.0 Å². The Balaban J connectivity index is 1.94. The molecule has 104 valence electrons. The van der Waals surface area contributed by atoms with Crippen molar-refractivity contribution in [3.05, 3.63) is 28.8 Å². The van der Waals surface area contributed by atoms with Gasteiger partial charge in [-0.1, -0.05) is 17.7 Å². The lowest BCUT2D eigenvalue weighted by Gasteiger charge is -2.21. The van der Waals surface area contributed by atoms with Crippen LogP contribution < -0.4 is 5.32 Å². The zero-order valence-electron chi connectivity index (χ0n) is 11.0. The first-order valence-corrected chi connectivity index (χ1v) is 6.89. The Labute approximate surface area is 118 Å². The summed E-state index contributed by atoms with van der Waals surface area (Å²) in [6, 6.07) is 5.65. The van der Waals surface area contributed by atoms with Crippen LogP contribution in [0.3, 0.4) is 0 Å². The van der Waals surface area contributed by atoms with Gasteiger partial charge < -0.3 is 10.4 Å². The number of aliphatic hydroxyl groups excluding tert-OH is 1. The van der Waals surface area contributed by atoms with Crippen molar-refractivity contribution in [3.8, 4) is 0 Å². The highest BCUT2D eigenvalue weighted by Gasteiger charge is 2.25. The number of rotatable bonds is 4. The summed E-state index contributed by atoms with van der Waals surface area (Å²) in [4.78, 5) is 14.0. The second kappa shape index (κ2) is 6.37. The van der Waals surface area contributed by atoms with Gasteiger partial charge in [0.1, 0.15) is 0 Å². The largest absolute Gasteiger partial charge is 0.395 e. The fourth-order valence-corrected chi connectivity index (χ4v) is 2.69. The Morgan fingerprint density at radius 3 is 3.05 bits per heavy atom. The number of likely N-dealkylation sites (tertiary alicyclic amines) is 1. The summed E-state index contributed by atoms with van der Waals surface area (Å²) < 4.78 is 0. The summed E-state index contributed by atoms with van der Waals surface area (Å²) in [5.41, 5.74) is 1.69. The number of anilines is 1. The van der Waals surface area contributed by atoms with Gasteiger partial charge in [-0.15, -0.1) is 0 Å². The molecule has 1 unspecified atom stereocenters. The summed E-state index contributed by atoms with van der Waals surface area (Å²) in [7, 11) is 0. The Hall–Kier alpha value is -1.10. The molecule has 1 aliphatic heterocycles. The first kappa shape index (κ1) is 14.3. The second-order valence-electron chi connectivity index (χ2n) is 4.98. The van der Waals surface area contributed by atoms with Crippen molar-refractivity contribution >= 4 is 23.2 Å². The van der Waals surface area contributed by atoms with Crippen LogP contribution in [0, 0.1) is 6.92 Å². The standard InChI is InChI=1S/C14H19ClN2O2/c1-10-4-5-13(12(15)7-10)16-14(19)8-17-6-2-3-11(17)9-18/h4-5,7,11,18H,2-3,6,8-9H2,1H3,(H,16,19). The molecule has 1 amide bonds. The van der Waals surface area contributed by atoms with Crippen LogP contribution in [0.15, 0.2) is 18.2 Å². The molecular formula is C14H19ClN2O2. The number of aryl methyl sites for hydroxylation is 1. The van der Waals surface area contributed by atoms with Crippen LogP contribution in [0.25, 0.3) is 0 Å². The van der Waals surface area contributed by atoms with E-state index < -0.39 is 0 Å². The maximum absolute atomic E-state index is 12.0. The van der Waals surface area contributed by atoms with E-state index >= 15 is 0 Å². The van der Waals surface area contributed by atoms with Gasteiger partial charge in [0.2, 0.25) is 5.91 Å². The lowest BCUT2D eigenvalue weighted by Crippen LogP contribution is -2.38. The predicted molar refractivity (Wildman–Crippen MR) is 76.5 cm³/mol. The van der Waals surface area contributed by atoms with Crippen molar-refractivity contribution in [2.45, 2.75) is 25.8 Å². The highest BCUT2D eigenvalue weighted by atomic mass is 35.5. The van der Waals surface area contributed by atoms with Crippen LogP contribution in [-0.4, -0.2) is 41.7 Å². The molecule has 1 saturated heterocycles. The van der Waals surface area contributed by atoms with E-state index in [1.165, 1.54) is 0 Å². The third-order valence-electron chi connectivity index (χ3n) is 3.46. The molecule has 0 saturated carbocycles. The van der Waals surface area contributed by atoms with E-state index in [9.17, 15) is 9.90 Å². The van der Waals surface area contributed by atoms with Crippen LogP contribution in [-0.2, 0) is 4.79 Å². The molecule has 0 radical (unpaired) electrons. The first-order chi connectivity index (χ1) is 9.10. The van der Waals surface area contributed by atoms with Gasteiger partial charge in [0.05, 0.1) is 23.9 Å². The van der Waals surface area contributed by atoms with Gasteiger partial charge in [-0.05, 0) is 44.0 Å². The minimum absolute atomic E-state index is 0.0916. The maximum Gasteiger partial charge on any atom is 0.238 e. The number of halogens is 1. The molecular weight excluding hydrogens is 264 g/mol. The molecule has 1 fully saturated rings. The van der Waals surface area contributed by atoms with Crippen molar-refractivity contribution in [1.82, 2.24) is 4.90 Å². The smallest absolute Gasteiger partial charge is 0.238 e. The molecule has 0 aromatic heterocycles. The van der Waals surface area contributed by atoms with Crippen LogP contribution in [0.1, 0.15) is 18.4 Å². The molecule has 1 heterocycles. The molecule has 2 N–H and O–H groups in total. The van der Waals surface area contributed by atoms with Crippen LogP contribution in [0.4, 0.5) is 5.69 Å². The molecule has 4 nitrogen and oxygen atoms in total. The highest BCUT2D eigenvalue weighted by molar-refractivity contribution is 6.33. The maximum atomic E-state index is 12.0. The minimum atomic E-state index is -0.0916. The average Bonchev–Trinajstić information content (AvgIpc) is 2.80. The normalized spacial score (nSPS) is 19.6. The third kappa shape index (κ3) is 3.69. The predicted octanol–water partition coefficient (Wildman–Crippen LogP) is 2.04. The number of carbonyl (C=O) groups is 1. The molecule has 1 aromatic rings. The van der Waals surface area contributed by atoms with E-state index in [0.717, 1.165) is 24.9 Å². The van der Waals surface area contributed by atoms with Gasteiger partial charge in [-0.2, -0.15) is 0 Å². The molecule has 2 rings (SSSR count). The van der Waals surface area contributed by atoms with Gasteiger partial charge in [-0.3, -0.25) is 9.69 Å². The zero-order valence-corrected chi connectivity index (χ0v) is 11.8. The number of nitrogens with one attached hydrogen (secondary N) is 1. The summed E-state index contributed by atoms with van der Waals surface area (Å²) >= 11 is 6.08. The zero-order chi connectivity index (χ0) is 13.8. The van der Waals surface area contributed by atoms with Gasteiger partial charge in [0.25, 0.3) is 0 Å².